The number of rotatable bonds is 0. The van der Waals surface area contributed by atoms with Crippen LogP contribution in [0.1, 0.15) is 63.4 Å². The van der Waals surface area contributed by atoms with Gasteiger partial charge in [-0.3, -0.25) is 9.78 Å². The van der Waals surface area contributed by atoms with Crippen molar-refractivity contribution in [2.45, 2.75) is 53.9 Å². The third-order valence-electron chi connectivity index (χ3n) is 5.47. The Hall–Kier alpha value is -1.66. The first-order chi connectivity index (χ1) is 14.0. The number of benzene rings is 1. The number of carbonyl (C=O) groups is 1. The van der Waals surface area contributed by atoms with Gasteiger partial charge in [-0.1, -0.05) is 32.9 Å². The fourth-order valence-corrected chi connectivity index (χ4v) is 4.99. The topological polar surface area (TPSA) is 53.4 Å². The van der Waals surface area contributed by atoms with Crippen LogP contribution in [0.2, 0.25) is 0 Å². The van der Waals surface area contributed by atoms with E-state index in [-0.39, 0.29) is 19.1 Å². The Bertz CT molecular complexity index is 960. The van der Waals surface area contributed by atoms with E-state index < -0.39 is 0 Å². The monoisotopic (exact) mass is 536 g/mol. The number of aromatic nitrogens is 1. The van der Waals surface area contributed by atoms with Gasteiger partial charge >= 0.3 is 0 Å². The van der Waals surface area contributed by atoms with Crippen molar-refractivity contribution in [2.24, 2.45) is 0 Å². The van der Waals surface area contributed by atoms with E-state index in [9.17, 15) is 9.90 Å². The molecule has 1 aliphatic carbocycles. The number of hydrogen-bond donors (Lipinski definition) is 1. The maximum Gasteiger partial charge on any atom is 0.219 e. The maximum atomic E-state index is 11.7. The van der Waals surface area contributed by atoms with E-state index in [1.807, 2.05) is 31.0 Å². The predicted octanol–water partition coefficient (Wildman–Crippen LogP) is 6.52. The highest BCUT2D eigenvalue weighted by Crippen LogP contribution is 2.42. The standard InChI is InChI=1S/C21H20Br2N2O2.C2H6.CH4/c1-12(26)25-8-6-13(7-9-25)19-16-4-5-18(27)20(23)17(16)3-2-14-10-15(22)11-24-21(14)19;1-2;/h4-5,10-11,27H,2-3,6-9H2,1H3;1-2H3;1H4. The molecule has 1 fully saturated rings. The quantitative estimate of drug-likeness (QED) is 0.416. The molecule has 162 valence electrons. The summed E-state index contributed by atoms with van der Waals surface area (Å²) in [6.45, 7) is 7.12. The zero-order valence-electron chi connectivity index (χ0n) is 17.1. The Morgan fingerprint density at radius 1 is 1.10 bits per heavy atom. The second-order valence-electron chi connectivity index (χ2n) is 7.07. The number of aryl methyl sites for hydroxylation is 1. The SMILES string of the molecule is C.CC.CC(=O)N1CCC(=C2c3ccc(O)c(Br)c3CCc3cc(Br)cnc32)CC1. The highest BCUT2D eigenvalue weighted by molar-refractivity contribution is 9.10. The number of pyridine rings is 1. The summed E-state index contributed by atoms with van der Waals surface area (Å²) in [4.78, 5) is 18.4. The summed E-state index contributed by atoms with van der Waals surface area (Å²) in [7, 11) is 0. The lowest BCUT2D eigenvalue weighted by Crippen LogP contribution is -2.34. The van der Waals surface area contributed by atoms with E-state index in [2.05, 4.69) is 37.9 Å². The molecule has 0 atom stereocenters. The van der Waals surface area contributed by atoms with Crippen LogP contribution in [0.4, 0.5) is 0 Å². The fraction of sp³-hybridized carbons (Fsp3) is 0.417. The van der Waals surface area contributed by atoms with E-state index in [1.54, 1.807) is 13.0 Å². The lowest BCUT2D eigenvalue weighted by molar-refractivity contribution is -0.129. The Morgan fingerprint density at radius 3 is 2.40 bits per heavy atom. The van der Waals surface area contributed by atoms with E-state index in [0.29, 0.717) is 0 Å². The Kier molecular flexibility index (Phi) is 8.68. The van der Waals surface area contributed by atoms with Crippen LogP contribution in [0.3, 0.4) is 0 Å². The van der Waals surface area contributed by atoms with Gasteiger partial charge in [0.2, 0.25) is 5.91 Å². The first-order valence-electron chi connectivity index (χ1n) is 10.1. The van der Waals surface area contributed by atoms with Gasteiger partial charge in [0.25, 0.3) is 0 Å². The molecule has 4 rings (SSSR count). The average molecular weight is 538 g/mol. The van der Waals surface area contributed by atoms with E-state index in [0.717, 1.165) is 64.5 Å². The van der Waals surface area contributed by atoms with Crippen LogP contribution in [-0.2, 0) is 17.6 Å². The van der Waals surface area contributed by atoms with Crippen LogP contribution in [0, 0.1) is 0 Å². The Balaban J connectivity index is 0.00000104. The fourth-order valence-electron chi connectivity index (χ4n) is 4.07. The second-order valence-corrected chi connectivity index (χ2v) is 8.78. The van der Waals surface area contributed by atoms with Crippen molar-refractivity contribution in [3.8, 4) is 5.75 Å². The van der Waals surface area contributed by atoms with Gasteiger partial charge in [-0.05, 0) is 86.4 Å². The Labute approximate surface area is 196 Å². The molecular weight excluding hydrogens is 508 g/mol. The average Bonchev–Trinajstić information content (AvgIpc) is 2.89. The van der Waals surface area contributed by atoms with E-state index in [1.165, 1.54) is 16.7 Å². The van der Waals surface area contributed by atoms with Crippen molar-refractivity contribution in [3.05, 3.63) is 61.3 Å². The van der Waals surface area contributed by atoms with Crippen molar-refractivity contribution in [3.63, 3.8) is 0 Å². The summed E-state index contributed by atoms with van der Waals surface area (Å²) >= 11 is 7.13. The molecule has 0 saturated carbocycles. The predicted molar refractivity (Wildman–Crippen MR) is 131 cm³/mol. The minimum atomic E-state index is 0. The lowest BCUT2D eigenvalue weighted by Gasteiger charge is -2.29. The van der Waals surface area contributed by atoms with Gasteiger partial charge in [0.1, 0.15) is 5.75 Å². The van der Waals surface area contributed by atoms with Crippen LogP contribution in [0.15, 0.2) is 38.9 Å². The number of phenolic OH excluding ortho intramolecular Hbond substituents is 1. The molecule has 4 nitrogen and oxygen atoms in total. The molecule has 1 saturated heterocycles. The number of aromatic hydroxyl groups is 1. The molecule has 0 bridgehead atoms. The maximum absolute atomic E-state index is 11.7. The number of amides is 1. The first-order valence-corrected chi connectivity index (χ1v) is 11.7. The number of halogens is 2. The highest BCUT2D eigenvalue weighted by atomic mass is 79.9. The van der Waals surface area contributed by atoms with Gasteiger partial charge in [-0.25, -0.2) is 0 Å². The molecule has 2 aromatic rings. The van der Waals surface area contributed by atoms with Gasteiger partial charge in [-0.2, -0.15) is 0 Å². The van der Waals surface area contributed by atoms with Crippen LogP contribution in [-0.4, -0.2) is 34.0 Å². The molecule has 2 heterocycles. The number of fused-ring (bicyclic) bond motifs is 2. The van der Waals surface area contributed by atoms with Crippen molar-refractivity contribution in [1.82, 2.24) is 9.88 Å². The second kappa shape index (κ2) is 10.6. The normalized spacial score (nSPS) is 15.2. The number of carbonyl (C=O) groups excluding carboxylic acids is 1. The van der Waals surface area contributed by atoms with Gasteiger partial charge < -0.3 is 10.0 Å². The molecule has 1 N–H and O–H groups in total. The van der Waals surface area contributed by atoms with Gasteiger partial charge in [0, 0.05) is 36.3 Å². The Morgan fingerprint density at radius 2 is 1.77 bits per heavy atom. The van der Waals surface area contributed by atoms with Gasteiger partial charge in [0.15, 0.2) is 0 Å². The summed E-state index contributed by atoms with van der Waals surface area (Å²) in [5.74, 6) is 0.403. The minimum absolute atomic E-state index is 0. The van der Waals surface area contributed by atoms with Crippen molar-refractivity contribution in [2.75, 3.05) is 13.1 Å². The molecule has 6 heteroatoms. The molecule has 0 spiro atoms. The highest BCUT2D eigenvalue weighted by Gasteiger charge is 2.27. The molecule has 1 aromatic carbocycles. The number of nitrogens with zero attached hydrogens (tertiary/aromatic N) is 2. The molecular formula is C24H30Br2N2O2. The van der Waals surface area contributed by atoms with Crippen molar-refractivity contribution < 1.29 is 9.90 Å². The molecule has 0 unspecified atom stereocenters. The first kappa shape index (κ1) is 24.6. The van der Waals surface area contributed by atoms with Crippen LogP contribution in [0.25, 0.3) is 5.57 Å². The molecule has 0 radical (unpaired) electrons. The number of likely N-dealkylation sites (tertiary alicyclic amines) is 1. The zero-order valence-corrected chi connectivity index (χ0v) is 20.2. The lowest BCUT2D eigenvalue weighted by atomic mass is 9.88. The zero-order chi connectivity index (χ0) is 21.1. The molecule has 1 amide bonds. The molecule has 1 aromatic heterocycles. The third-order valence-corrected chi connectivity index (χ3v) is 6.79. The van der Waals surface area contributed by atoms with Crippen LogP contribution < -0.4 is 0 Å². The number of hydrogen-bond acceptors (Lipinski definition) is 3. The van der Waals surface area contributed by atoms with Gasteiger partial charge in [0.05, 0.1) is 10.2 Å². The summed E-state index contributed by atoms with van der Waals surface area (Å²) < 4.78 is 1.75. The van der Waals surface area contributed by atoms with Crippen molar-refractivity contribution >= 4 is 43.3 Å². The van der Waals surface area contributed by atoms with Crippen LogP contribution >= 0.6 is 31.9 Å². The smallest absolute Gasteiger partial charge is 0.219 e. The summed E-state index contributed by atoms with van der Waals surface area (Å²) in [6, 6.07) is 5.90. The third kappa shape index (κ3) is 4.80. The van der Waals surface area contributed by atoms with Crippen LogP contribution in [0.5, 0.6) is 5.75 Å². The summed E-state index contributed by atoms with van der Waals surface area (Å²) in [6.07, 6.45) is 5.26. The largest absolute Gasteiger partial charge is 0.507 e. The molecule has 2 aliphatic rings. The number of piperidine rings is 1. The van der Waals surface area contributed by atoms with Gasteiger partial charge in [-0.15, -0.1) is 0 Å². The minimum Gasteiger partial charge on any atom is -0.507 e. The molecule has 1 aliphatic heterocycles. The molecule has 30 heavy (non-hydrogen) atoms. The van der Waals surface area contributed by atoms with Crippen molar-refractivity contribution in [1.29, 1.82) is 0 Å². The van der Waals surface area contributed by atoms with E-state index >= 15 is 0 Å². The number of phenols is 1. The summed E-state index contributed by atoms with van der Waals surface area (Å²) in [5, 5.41) is 10.2. The summed E-state index contributed by atoms with van der Waals surface area (Å²) in [5.41, 5.74) is 7.02. The van der Waals surface area contributed by atoms with E-state index in [4.69, 9.17) is 4.98 Å².